The first-order chi connectivity index (χ1) is 11.8. The van der Waals surface area contributed by atoms with Crippen LogP contribution in [0, 0.1) is 13.8 Å². The normalized spacial score (nSPS) is 10.8. The van der Waals surface area contributed by atoms with Crippen LogP contribution in [0.1, 0.15) is 51.7 Å². The van der Waals surface area contributed by atoms with Crippen molar-refractivity contribution in [1.82, 2.24) is 0 Å². The Kier molecular flexibility index (Phi) is 10.2. The van der Waals surface area contributed by atoms with E-state index in [9.17, 15) is 0 Å². The second-order valence-corrected chi connectivity index (χ2v) is 5.25. The van der Waals surface area contributed by atoms with Crippen LogP contribution in [0.2, 0.25) is 0 Å². The van der Waals surface area contributed by atoms with Gasteiger partial charge in [0.2, 0.25) is 0 Å². The smallest absolute Gasteiger partial charge is 0.0366 e. The predicted octanol–water partition coefficient (Wildman–Crippen LogP) is 7.06. The molecule has 124 valence electrons. The number of benzene rings is 2. The van der Waals surface area contributed by atoms with E-state index in [4.69, 9.17) is 2.74 Å². The molecule has 0 atom stereocenters. The van der Waals surface area contributed by atoms with Crippen molar-refractivity contribution in [2.24, 2.45) is 0 Å². The molecule has 0 amide bonds. The minimum absolute atomic E-state index is 0.701. The van der Waals surface area contributed by atoms with Gasteiger partial charge in [-0.25, -0.2) is 0 Å². The summed E-state index contributed by atoms with van der Waals surface area (Å²) in [6, 6.07) is 15.2. The monoisotopic (exact) mass is 310 g/mol. The molecule has 0 bridgehead atoms. The Morgan fingerprint density at radius 2 is 1.00 bits per heavy atom. The maximum Gasteiger partial charge on any atom is 0.0366 e. The third-order valence-corrected chi connectivity index (χ3v) is 2.97. The fourth-order valence-corrected chi connectivity index (χ4v) is 1.44. The highest BCUT2D eigenvalue weighted by Crippen LogP contribution is 2.11. The van der Waals surface area contributed by atoms with E-state index in [2.05, 4.69) is 27.0 Å². The quantitative estimate of drug-likeness (QED) is 0.530. The van der Waals surface area contributed by atoms with Crippen LogP contribution in [0.4, 0.5) is 0 Å². The summed E-state index contributed by atoms with van der Waals surface area (Å²) in [5, 5.41) is 0. The zero-order valence-corrected chi connectivity index (χ0v) is 15.1. The summed E-state index contributed by atoms with van der Waals surface area (Å²) in [5.41, 5.74) is 3.70. The van der Waals surface area contributed by atoms with Crippen LogP contribution in [-0.2, 0) is 6.37 Å². The largest absolute Gasteiger partial charge is 0.103 e. The van der Waals surface area contributed by atoms with Crippen LogP contribution in [0.15, 0.2) is 73.8 Å². The lowest BCUT2D eigenvalue weighted by molar-refractivity contribution is 1.18. The number of rotatable bonds is 4. The third kappa shape index (κ3) is 11.2. The van der Waals surface area contributed by atoms with E-state index in [1.165, 1.54) is 0 Å². The highest BCUT2D eigenvalue weighted by Gasteiger charge is 1.95. The van der Waals surface area contributed by atoms with E-state index in [1.54, 1.807) is 0 Å². The highest BCUT2D eigenvalue weighted by molar-refractivity contribution is 5.29. The van der Waals surface area contributed by atoms with Crippen LogP contribution in [-0.4, -0.2) is 0 Å². The number of hydrogen-bond acceptors (Lipinski definition) is 0. The molecule has 0 saturated heterocycles. The van der Waals surface area contributed by atoms with Crippen molar-refractivity contribution >= 4 is 0 Å². The lowest BCUT2D eigenvalue weighted by Crippen LogP contribution is -1.88. The lowest BCUT2D eigenvalue weighted by Gasteiger charge is -2.03. The first-order valence-corrected chi connectivity index (χ1v) is 8.19. The molecule has 23 heavy (non-hydrogen) atoms. The van der Waals surface area contributed by atoms with Crippen molar-refractivity contribution < 1.29 is 2.74 Å². The van der Waals surface area contributed by atoms with Gasteiger partial charge in [0.25, 0.3) is 0 Å². The Morgan fingerprint density at radius 3 is 1.22 bits per heavy atom. The minimum Gasteiger partial charge on any atom is -0.103 e. The van der Waals surface area contributed by atoms with Gasteiger partial charge < -0.3 is 0 Å². The van der Waals surface area contributed by atoms with Crippen molar-refractivity contribution in [2.75, 3.05) is 0 Å². The SMILES string of the molecule is C=CCC.C=CCC.[2H]C([2H])(c1ccc(C)cc1)c1ccc(C)cc1. The van der Waals surface area contributed by atoms with Gasteiger partial charge in [-0.15, -0.1) is 13.2 Å². The van der Waals surface area contributed by atoms with Crippen molar-refractivity contribution in [2.45, 2.75) is 46.9 Å². The van der Waals surface area contributed by atoms with Crippen molar-refractivity contribution in [1.29, 1.82) is 0 Å². The number of allylic oxidation sites excluding steroid dienone is 2. The fourth-order valence-electron chi connectivity index (χ4n) is 1.44. The van der Waals surface area contributed by atoms with Crippen molar-refractivity contribution in [3.05, 3.63) is 96.1 Å². The van der Waals surface area contributed by atoms with Crippen molar-refractivity contribution in [3.63, 3.8) is 0 Å². The Labute approximate surface area is 146 Å². The molecule has 2 aromatic rings. The van der Waals surface area contributed by atoms with Gasteiger partial charge in [-0.2, -0.15) is 0 Å². The van der Waals surface area contributed by atoms with Gasteiger partial charge in [0.15, 0.2) is 0 Å². The topological polar surface area (TPSA) is 0 Å². The lowest BCUT2D eigenvalue weighted by atomic mass is 10.0. The van der Waals surface area contributed by atoms with Crippen LogP contribution >= 0.6 is 0 Å². The highest BCUT2D eigenvalue weighted by atomic mass is 14.0. The summed E-state index contributed by atoms with van der Waals surface area (Å²) in [4.78, 5) is 0. The average Bonchev–Trinajstić information content (AvgIpc) is 2.63. The van der Waals surface area contributed by atoms with Gasteiger partial charge in [0, 0.05) is 2.74 Å². The standard InChI is InChI=1S/C15H16.2C4H8/c1-12-3-7-14(8-4-12)11-15-9-5-13(2)6-10-15;2*1-3-4-2/h3-10H,11H2,1-2H3;2*3H,1,4H2,2H3/i11D2;;. The molecular weight excluding hydrogens is 276 g/mol. The summed E-state index contributed by atoms with van der Waals surface area (Å²) >= 11 is 0. The predicted molar refractivity (Wildman–Crippen MR) is 106 cm³/mol. The van der Waals surface area contributed by atoms with E-state index in [0.29, 0.717) is 11.1 Å². The van der Waals surface area contributed by atoms with E-state index >= 15 is 0 Å². The number of hydrogen-bond donors (Lipinski definition) is 0. The molecule has 0 aromatic heterocycles. The fraction of sp³-hybridized carbons (Fsp3) is 0.304. The Balaban J connectivity index is 0.000000609. The van der Waals surface area contributed by atoms with Gasteiger partial charge in [-0.1, -0.05) is 85.7 Å². The summed E-state index contributed by atoms with van der Waals surface area (Å²) in [5.74, 6) is 0. The number of aryl methyl sites for hydroxylation is 2. The molecule has 0 spiro atoms. The Bertz CT molecular complexity index is 552. The van der Waals surface area contributed by atoms with Gasteiger partial charge in [-0.3, -0.25) is 0 Å². The van der Waals surface area contributed by atoms with Gasteiger partial charge >= 0.3 is 0 Å². The molecule has 0 nitrogen and oxygen atoms in total. The average molecular weight is 311 g/mol. The first kappa shape index (κ1) is 17.3. The van der Waals surface area contributed by atoms with Gasteiger partial charge in [-0.05, 0) is 44.2 Å². The van der Waals surface area contributed by atoms with E-state index in [-0.39, 0.29) is 0 Å². The summed E-state index contributed by atoms with van der Waals surface area (Å²) < 4.78 is 16.4. The minimum atomic E-state index is -1.43. The second kappa shape index (κ2) is 13.6. The molecule has 2 aromatic carbocycles. The van der Waals surface area contributed by atoms with Gasteiger partial charge in [0.1, 0.15) is 0 Å². The van der Waals surface area contributed by atoms with Crippen molar-refractivity contribution in [3.8, 4) is 0 Å². The maximum absolute atomic E-state index is 8.22. The van der Waals surface area contributed by atoms with Crippen LogP contribution in [0.3, 0.4) is 0 Å². The molecule has 0 heterocycles. The molecule has 0 unspecified atom stereocenters. The molecule has 0 aliphatic rings. The van der Waals surface area contributed by atoms with Crippen LogP contribution in [0.25, 0.3) is 0 Å². The zero-order valence-electron chi connectivity index (χ0n) is 17.1. The van der Waals surface area contributed by atoms with Crippen LogP contribution in [0.5, 0.6) is 0 Å². The van der Waals surface area contributed by atoms with E-state index < -0.39 is 6.37 Å². The van der Waals surface area contributed by atoms with Gasteiger partial charge in [0.05, 0.1) is 0 Å². The molecule has 0 aliphatic carbocycles. The summed E-state index contributed by atoms with van der Waals surface area (Å²) in [6.45, 7) is 15.1. The van der Waals surface area contributed by atoms with E-state index in [1.807, 2.05) is 74.5 Å². The van der Waals surface area contributed by atoms with Crippen LogP contribution < -0.4 is 0 Å². The molecule has 2 rings (SSSR count). The molecule has 0 saturated carbocycles. The summed E-state index contributed by atoms with van der Waals surface area (Å²) in [7, 11) is 0. The summed E-state index contributed by atoms with van der Waals surface area (Å²) in [6.07, 6.45) is 4.49. The van der Waals surface area contributed by atoms with E-state index in [0.717, 1.165) is 24.0 Å². The molecular formula is C23H32. The zero-order chi connectivity index (χ0) is 19.3. The molecule has 0 aliphatic heterocycles. The molecule has 0 radical (unpaired) electrons. The first-order valence-electron chi connectivity index (χ1n) is 9.19. The Morgan fingerprint density at radius 1 is 0.739 bits per heavy atom. The maximum atomic E-state index is 8.22. The third-order valence-electron chi connectivity index (χ3n) is 2.97. The Hall–Kier alpha value is -2.08. The molecule has 0 N–H and O–H groups in total. The molecule has 0 heteroatoms. The second-order valence-electron chi connectivity index (χ2n) is 5.25. The molecule has 0 fully saturated rings.